The van der Waals surface area contributed by atoms with Crippen LogP contribution in [0, 0.1) is 5.92 Å². The van der Waals surface area contributed by atoms with Crippen molar-refractivity contribution in [3.63, 3.8) is 0 Å². The number of carboxylic acids is 1. The minimum Gasteiger partial charge on any atom is -0.480 e. The summed E-state index contributed by atoms with van der Waals surface area (Å²) in [7, 11) is 2.04. The number of amides is 3. The Kier molecular flexibility index (Phi) is 6.93. The number of nitrogens with two attached hydrogens (primary N) is 1. The van der Waals surface area contributed by atoms with Gasteiger partial charge in [0.25, 0.3) is 0 Å². The normalized spacial score (nSPS) is 20.5. The van der Waals surface area contributed by atoms with Gasteiger partial charge < -0.3 is 26.4 Å². The van der Waals surface area contributed by atoms with Crippen molar-refractivity contribution in [3.05, 3.63) is 0 Å². The zero-order chi connectivity index (χ0) is 15.8. The summed E-state index contributed by atoms with van der Waals surface area (Å²) in [6, 6.07) is -1.63. The Morgan fingerprint density at radius 3 is 2.71 bits per heavy atom. The lowest BCUT2D eigenvalue weighted by Crippen LogP contribution is -2.48. The number of urea groups is 1. The predicted molar refractivity (Wildman–Crippen MR) is 76.6 cm³/mol. The van der Waals surface area contributed by atoms with Gasteiger partial charge in [-0.15, -0.1) is 0 Å². The van der Waals surface area contributed by atoms with Crippen LogP contribution in [0.25, 0.3) is 0 Å². The van der Waals surface area contributed by atoms with Gasteiger partial charge in [-0.3, -0.25) is 4.79 Å². The number of rotatable bonds is 7. The molecular weight excluding hydrogens is 276 g/mol. The molecule has 0 aromatic rings. The van der Waals surface area contributed by atoms with Gasteiger partial charge in [-0.25, -0.2) is 9.59 Å². The van der Waals surface area contributed by atoms with E-state index >= 15 is 0 Å². The molecule has 5 N–H and O–H groups in total. The van der Waals surface area contributed by atoms with Crippen LogP contribution in [0.3, 0.4) is 0 Å². The lowest BCUT2D eigenvalue weighted by Gasteiger charge is -2.29. The third-order valence-electron chi connectivity index (χ3n) is 3.56. The van der Waals surface area contributed by atoms with E-state index in [9.17, 15) is 14.4 Å². The highest BCUT2D eigenvalue weighted by atomic mass is 16.4. The number of carbonyl (C=O) groups excluding carboxylic acids is 2. The molecule has 1 aliphatic rings. The molecule has 1 aliphatic heterocycles. The number of likely N-dealkylation sites (tertiary alicyclic amines) is 1. The second-order valence-electron chi connectivity index (χ2n) is 5.52. The molecule has 0 aliphatic carbocycles. The molecule has 0 spiro atoms. The number of aliphatic carboxylic acids is 1. The summed E-state index contributed by atoms with van der Waals surface area (Å²) in [5, 5.41) is 14.0. The lowest BCUT2D eigenvalue weighted by atomic mass is 9.99. The minimum absolute atomic E-state index is 0.00967. The van der Waals surface area contributed by atoms with Gasteiger partial charge >= 0.3 is 12.0 Å². The van der Waals surface area contributed by atoms with Crippen LogP contribution in [-0.2, 0) is 9.59 Å². The zero-order valence-electron chi connectivity index (χ0n) is 12.3. The fourth-order valence-corrected chi connectivity index (χ4v) is 2.43. The largest absolute Gasteiger partial charge is 0.480 e. The van der Waals surface area contributed by atoms with E-state index in [-0.39, 0.29) is 12.8 Å². The number of carbonyl (C=O) groups is 3. The van der Waals surface area contributed by atoms with Crippen LogP contribution < -0.4 is 16.4 Å². The highest BCUT2D eigenvalue weighted by Crippen LogP contribution is 2.13. The molecule has 120 valence electrons. The molecule has 0 bridgehead atoms. The van der Waals surface area contributed by atoms with Crippen molar-refractivity contribution in [2.45, 2.75) is 31.7 Å². The number of hydrogen-bond acceptors (Lipinski definition) is 4. The summed E-state index contributed by atoms with van der Waals surface area (Å²) in [5.74, 6) is -1.39. The Labute approximate surface area is 124 Å². The number of nitrogens with zero attached hydrogens (tertiary/aromatic N) is 1. The third-order valence-corrected chi connectivity index (χ3v) is 3.56. The van der Waals surface area contributed by atoms with Crippen LogP contribution in [0.1, 0.15) is 25.7 Å². The van der Waals surface area contributed by atoms with E-state index in [0.717, 1.165) is 25.9 Å². The standard InChI is InChI=1S/C13H24N4O4/c1-17-6-2-3-9(8-17)7-15-13(21)16-10(12(19)20)4-5-11(14)18/h9-10H,2-8H2,1H3,(H2,14,18)(H,19,20)(H2,15,16,21)/t9?,10-/m0/s1. The summed E-state index contributed by atoms with van der Waals surface area (Å²) >= 11 is 0. The molecule has 0 aromatic heterocycles. The summed E-state index contributed by atoms with van der Waals surface area (Å²) < 4.78 is 0. The van der Waals surface area contributed by atoms with Gasteiger partial charge in [0.1, 0.15) is 6.04 Å². The van der Waals surface area contributed by atoms with Crippen LogP contribution in [0.4, 0.5) is 4.79 Å². The average molecular weight is 300 g/mol. The molecule has 2 atom stereocenters. The van der Waals surface area contributed by atoms with Crippen LogP contribution in [-0.4, -0.2) is 60.6 Å². The van der Waals surface area contributed by atoms with Crippen molar-refractivity contribution in [3.8, 4) is 0 Å². The smallest absolute Gasteiger partial charge is 0.326 e. The Morgan fingerprint density at radius 1 is 1.43 bits per heavy atom. The molecule has 1 unspecified atom stereocenters. The lowest BCUT2D eigenvalue weighted by molar-refractivity contribution is -0.139. The van der Waals surface area contributed by atoms with Crippen LogP contribution in [0.2, 0.25) is 0 Å². The van der Waals surface area contributed by atoms with Crippen LogP contribution in [0.5, 0.6) is 0 Å². The minimum atomic E-state index is -1.18. The molecule has 1 saturated heterocycles. The van der Waals surface area contributed by atoms with Crippen molar-refractivity contribution in [2.75, 3.05) is 26.7 Å². The Morgan fingerprint density at radius 2 is 2.14 bits per heavy atom. The van der Waals surface area contributed by atoms with Gasteiger partial charge in [0, 0.05) is 19.5 Å². The average Bonchev–Trinajstić information content (AvgIpc) is 2.40. The fourth-order valence-electron chi connectivity index (χ4n) is 2.43. The number of carboxylic acid groups (broad SMARTS) is 1. The first-order valence-corrected chi connectivity index (χ1v) is 7.12. The highest BCUT2D eigenvalue weighted by Gasteiger charge is 2.22. The molecule has 8 nitrogen and oxygen atoms in total. The topological polar surface area (TPSA) is 125 Å². The van der Waals surface area contributed by atoms with E-state index < -0.39 is 23.9 Å². The van der Waals surface area contributed by atoms with E-state index in [1.54, 1.807) is 0 Å². The van der Waals surface area contributed by atoms with Gasteiger partial charge in [-0.2, -0.15) is 0 Å². The van der Waals surface area contributed by atoms with Gasteiger partial charge in [-0.1, -0.05) is 0 Å². The van der Waals surface area contributed by atoms with Gasteiger partial charge in [0.05, 0.1) is 0 Å². The molecule has 0 radical (unpaired) electrons. The van der Waals surface area contributed by atoms with Gasteiger partial charge in [-0.05, 0) is 38.8 Å². The van der Waals surface area contributed by atoms with Gasteiger partial charge in [0.15, 0.2) is 0 Å². The Hall–Kier alpha value is -1.83. The molecule has 1 fully saturated rings. The molecule has 21 heavy (non-hydrogen) atoms. The summed E-state index contributed by atoms with van der Waals surface area (Å²) in [6.45, 7) is 2.50. The number of piperidine rings is 1. The van der Waals surface area contributed by atoms with E-state index in [4.69, 9.17) is 10.8 Å². The third kappa shape index (κ3) is 6.94. The summed E-state index contributed by atoms with van der Waals surface area (Å²) in [4.78, 5) is 35.6. The highest BCUT2D eigenvalue weighted by molar-refractivity contribution is 5.83. The van der Waals surface area contributed by atoms with Crippen LogP contribution >= 0.6 is 0 Å². The quantitative estimate of drug-likeness (QED) is 0.497. The monoisotopic (exact) mass is 300 g/mol. The number of nitrogens with one attached hydrogen (secondary N) is 2. The van der Waals surface area contributed by atoms with Crippen molar-refractivity contribution in [2.24, 2.45) is 11.7 Å². The first-order chi connectivity index (χ1) is 9.88. The maximum atomic E-state index is 11.7. The van der Waals surface area contributed by atoms with Crippen LogP contribution in [0.15, 0.2) is 0 Å². The maximum absolute atomic E-state index is 11.7. The van der Waals surface area contributed by atoms with Crippen molar-refractivity contribution in [1.29, 1.82) is 0 Å². The first-order valence-electron chi connectivity index (χ1n) is 7.12. The second-order valence-corrected chi connectivity index (χ2v) is 5.52. The molecule has 3 amide bonds. The SMILES string of the molecule is CN1CCCC(CNC(=O)N[C@@H](CCC(N)=O)C(=O)O)C1. The molecule has 1 rings (SSSR count). The molecule has 0 aromatic carbocycles. The van der Waals surface area contributed by atoms with E-state index in [2.05, 4.69) is 15.5 Å². The fraction of sp³-hybridized carbons (Fsp3) is 0.769. The zero-order valence-corrected chi connectivity index (χ0v) is 12.3. The Bertz CT molecular complexity index is 388. The molecular formula is C13H24N4O4. The molecule has 8 heteroatoms. The molecule has 0 saturated carbocycles. The second kappa shape index (κ2) is 8.46. The van der Waals surface area contributed by atoms with Gasteiger partial charge in [0.2, 0.25) is 5.91 Å². The van der Waals surface area contributed by atoms with Crippen molar-refractivity contribution in [1.82, 2.24) is 15.5 Å². The first kappa shape index (κ1) is 17.2. The summed E-state index contributed by atoms with van der Waals surface area (Å²) in [6.07, 6.45) is 2.06. The van der Waals surface area contributed by atoms with E-state index in [1.165, 1.54) is 0 Å². The number of hydrogen-bond donors (Lipinski definition) is 4. The number of primary amides is 1. The van der Waals surface area contributed by atoms with Crippen molar-refractivity contribution < 1.29 is 19.5 Å². The van der Waals surface area contributed by atoms with Crippen molar-refractivity contribution >= 4 is 17.9 Å². The maximum Gasteiger partial charge on any atom is 0.326 e. The van der Waals surface area contributed by atoms with E-state index in [0.29, 0.717) is 12.5 Å². The Balaban J connectivity index is 2.32. The molecule has 1 heterocycles. The predicted octanol–water partition coefficient (Wildman–Crippen LogP) is -0.654. The summed E-state index contributed by atoms with van der Waals surface area (Å²) in [5.41, 5.74) is 4.98. The van der Waals surface area contributed by atoms with E-state index in [1.807, 2.05) is 7.05 Å².